The van der Waals surface area contributed by atoms with Crippen LogP contribution in [0.15, 0.2) is 53.1 Å². The summed E-state index contributed by atoms with van der Waals surface area (Å²) in [4.78, 5) is 17.1. The molecular weight excluding hydrogens is 412 g/mol. The van der Waals surface area contributed by atoms with E-state index in [1.54, 1.807) is 44.0 Å². The van der Waals surface area contributed by atoms with Crippen LogP contribution in [0.2, 0.25) is 0 Å². The molecule has 164 valence electrons. The third kappa shape index (κ3) is 4.04. The molecule has 0 aliphatic rings. The molecule has 0 bridgehead atoms. The van der Waals surface area contributed by atoms with Gasteiger partial charge in [0.25, 0.3) is 5.89 Å². The minimum absolute atomic E-state index is 0.164. The lowest BCUT2D eigenvalue weighted by Gasteiger charge is -2.07. The van der Waals surface area contributed by atoms with Crippen LogP contribution in [0.5, 0.6) is 11.5 Å². The van der Waals surface area contributed by atoms with Crippen molar-refractivity contribution < 1.29 is 23.5 Å². The first-order valence-corrected chi connectivity index (χ1v) is 9.85. The lowest BCUT2D eigenvalue weighted by atomic mass is 10.2. The molecule has 9 nitrogen and oxygen atoms in total. The molecule has 0 aliphatic carbocycles. The Hall–Kier alpha value is -4.14. The Bertz CT molecular complexity index is 1250. The van der Waals surface area contributed by atoms with E-state index in [1.165, 1.54) is 0 Å². The summed E-state index contributed by atoms with van der Waals surface area (Å²) in [5.41, 5.74) is 3.16. The number of aryl methyl sites for hydroxylation is 1. The van der Waals surface area contributed by atoms with Gasteiger partial charge in [-0.25, -0.2) is 9.48 Å². The van der Waals surface area contributed by atoms with Gasteiger partial charge in [0, 0.05) is 6.07 Å². The number of hydrogen-bond donors (Lipinski definition) is 0. The second-order valence-electron chi connectivity index (χ2n) is 6.95. The van der Waals surface area contributed by atoms with Gasteiger partial charge in [0.15, 0.2) is 6.61 Å². The summed E-state index contributed by atoms with van der Waals surface area (Å²) < 4.78 is 23.0. The topological polar surface area (TPSA) is 102 Å². The van der Waals surface area contributed by atoms with Crippen LogP contribution in [0.1, 0.15) is 27.6 Å². The first-order valence-electron chi connectivity index (χ1n) is 9.85. The minimum atomic E-state index is -0.510. The average Bonchev–Trinajstić information content (AvgIpc) is 3.41. The van der Waals surface area contributed by atoms with E-state index in [9.17, 15) is 4.79 Å². The molecule has 32 heavy (non-hydrogen) atoms. The Kier molecular flexibility index (Phi) is 5.89. The highest BCUT2D eigenvalue weighted by molar-refractivity contribution is 5.92. The van der Waals surface area contributed by atoms with Crippen LogP contribution in [0.3, 0.4) is 0 Å². The molecule has 0 atom stereocenters. The molecule has 4 rings (SSSR count). The smallest absolute Gasteiger partial charge is 0.342 e. The quantitative estimate of drug-likeness (QED) is 0.404. The summed E-state index contributed by atoms with van der Waals surface area (Å²) in [6.07, 6.45) is 0. The van der Waals surface area contributed by atoms with Gasteiger partial charge < -0.3 is 18.7 Å². The van der Waals surface area contributed by atoms with E-state index in [0.717, 1.165) is 5.69 Å². The number of benzene rings is 2. The van der Waals surface area contributed by atoms with E-state index in [1.807, 2.05) is 37.3 Å². The van der Waals surface area contributed by atoms with Crippen molar-refractivity contribution in [3.63, 3.8) is 0 Å². The van der Waals surface area contributed by atoms with Gasteiger partial charge in [-0.2, -0.15) is 10.1 Å². The highest BCUT2D eigenvalue weighted by Gasteiger charge is 2.22. The maximum absolute atomic E-state index is 12.8. The fourth-order valence-corrected chi connectivity index (χ4v) is 3.36. The van der Waals surface area contributed by atoms with E-state index in [4.69, 9.17) is 18.7 Å². The number of hydrogen-bond acceptors (Lipinski definition) is 8. The van der Waals surface area contributed by atoms with Gasteiger partial charge in [-0.15, -0.1) is 0 Å². The van der Waals surface area contributed by atoms with Crippen molar-refractivity contribution in [2.45, 2.75) is 20.5 Å². The molecule has 0 saturated heterocycles. The summed E-state index contributed by atoms with van der Waals surface area (Å²) >= 11 is 0. The van der Waals surface area contributed by atoms with Crippen LogP contribution in [0.25, 0.3) is 17.1 Å². The van der Waals surface area contributed by atoms with E-state index in [-0.39, 0.29) is 12.5 Å². The van der Waals surface area contributed by atoms with Gasteiger partial charge in [0.1, 0.15) is 17.1 Å². The second-order valence-corrected chi connectivity index (χ2v) is 6.95. The number of esters is 1. The van der Waals surface area contributed by atoms with Crippen LogP contribution < -0.4 is 9.47 Å². The molecule has 4 aromatic rings. The van der Waals surface area contributed by atoms with Crippen LogP contribution >= 0.6 is 0 Å². The van der Waals surface area contributed by atoms with Crippen molar-refractivity contribution in [2.75, 3.05) is 14.2 Å². The number of rotatable bonds is 7. The van der Waals surface area contributed by atoms with Gasteiger partial charge in [-0.3, -0.25) is 0 Å². The zero-order chi connectivity index (χ0) is 22.7. The summed E-state index contributed by atoms with van der Waals surface area (Å²) in [6.45, 7) is 3.42. The van der Waals surface area contributed by atoms with Crippen LogP contribution in [-0.2, 0) is 11.3 Å². The van der Waals surface area contributed by atoms with Crippen LogP contribution in [0, 0.1) is 13.8 Å². The van der Waals surface area contributed by atoms with Gasteiger partial charge in [-0.05, 0) is 38.1 Å². The molecule has 0 radical (unpaired) electrons. The zero-order valence-electron chi connectivity index (χ0n) is 18.2. The predicted octanol–water partition coefficient (Wildman–Crippen LogP) is 3.91. The van der Waals surface area contributed by atoms with E-state index < -0.39 is 5.97 Å². The van der Waals surface area contributed by atoms with E-state index in [0.29, 0.717) is 39.8 Å². The Balaban J connectivity index is 1.50. The van der Waals surface area contributed by atoms with E-state index in [2.05, 4.69) is 15.2 Å². The minimum Gasteiger partial charge on any atom is -0.497 e. The summed E-state index contributed by atoms with van der Waals surface area (Å²) in [5, 5.41) is 8.44. The fourth-order valence-electron chi connectivity index (χ4n) is 3.36. The normalized spacial score (nSPS) is 10.8. The summed E-state index contributed by atoms with van der Waals surface area (Å²) in [6, 6.07) is 14.8. The van der Waals surface area contributed by atoms with E-state index >= 15 is 0 Å². The van der Waals surface area contributed by atoms with Crippen LogP contribution in [0.4, 0.5) is 0 Å². The predicted molar refractivity (Wildman–Crippen MR) is 115 cm³/mol. The van der Waals surface area contributed by atoms with Gasteiger partial charge >= 0.3 is 5.97 Å². The SMILES string of the molecule is COc1ccc(-c2noc(COC(=O)c3c(C)nn(-c4ccccc4)c3C)n2)c(OC)c1. The average molecular weight is 434 g/mol. The van der Waals surface area contributed by atoms with Crippen molar-refractivity contribution in [3.8, 4) is 28.6 Å². The van der Waals surface area contributed by atoms with Gasteiger partial charge in [0.2, 0.25) is 5.82 Å². The highest BCUT2D eigenvalue weighted by Crippen LogP contribution is 2.31. The number of methoxy groups -OCH3 is 2. The summed E-state index contributed by atoms with van der Waals surface area (Å²) in [7, 11) is 3.11. The number of ether oxygens (including phenoxy) is 3. The molecule has 0 aliphatic heterocycles. The number of carbonyl (C=O) groups excluding carboxylic acids is 1. The second kappa shape index (κ2) is 8.93. The lowest BCUT2D eigenvalue weighted by molar-refractivity contribution is 0.0428. The molecular formula is C23H22N4O5. The van der Waals surface area contributed by atoms with Crippen molar-refractivity contribution in [3.05, 3.63) is 71.4 Å². The third-order valence-electron chi connectivity index (χ3n) is 4.94. The van der Waals surface area contributed by atoms with Crippen molar-refractivity contribution >= 4 is 5.97 Å². The molecule has 0 amide bonds. The standard InChI is InChI=1S/C23H22N4O5/c1-14-21(15(2)27(25-14)16-8-6-5-7-9-16)23(28)31-13-20-24-22(26-32-20)18-11-10-17(29-3)12-19(18)30-4/h5-12H,13H2,1-4H3. The Labute approximate surface area is 184 Å². The molecule has 2 aromatic carbocycles. The number of carbonyl (C=O) groups is 1. The molecule has 0 fully saturated rings. The molecule has 0 spiro atoms. The monoisotopic (exact) mass is 434 g/mol. The fraction of sp³-hybridized carbons (Fsp3) is 0.217. The number of nitrogens with zero attached hydrogens (tertiary/aromatic N) is 4. The Morgan fingerprint density at radius 1 is 1.06 bits per heavy atom. The van der Waals surface area contributed by atoms with Crippen molar-refractivity contribution in [1.82, 2.24) is 19.9 Å². The molecule has 2 heterocycles. The maximum atomic E-state index is 12.8. The lowest BCUT2D eigenvalue weighted by Crippen LogP contribution is -2.08. The highest BCUT2D eigenvalue weighted by atomic mass is 16.6. The van der Waals surface area contributed by atoms with Gasteiger partial charge in [0.05, 0.1) is 36.9 Å². The first kappa shape index (κ1) is 21.1. The molecule has 9 heteroatoms. The zero-order valence-corrected chi connectivity index (χ0v) is 18.2. The van der Waals surface area contributed by atoms with Gasteiger partial charge in [-0.1, -0.05) is 23.4 Å². The molecule has 0 N–H and O–H groups in total. The largest absolute Gasteiger partial charge is 0.497 e. The third-order valence-corrected chi connectivity index (χ3v) is 4.94. The number of para-hydroxylation sites is 1. The maximum Gasteiger partial charge on any atom is 0.342 e. The van der Waals surface area contributed by atoms with Crippen molar-refractivity contribution in [1.29, 1.82) is 0 Å². The first-order chi connectivity index (χ1) is 15.5. The Morgan fingerprint density at radius 2 is 1.84 bits per heavy atom. The molecule has 0 unspecified atom stereocenters. The van der Waals surface area contributed by atoms with Crippen LogP contribution in [-0.4, -0.2) is 40.1 Å². The summed E-state index contributed by atoms with van der Waals surface area (Å²) in [5.74, 6) is 1.15. The van der Waals surface area contributed by atoms with Crippen molar-refractivity contribution in [2.24, 2.45) is 0 Å². The Morgan fingerprint density at radius 3 is 2.56 bits per heavy atom. The molecule has 0 saturated carbocycles. The molecule has 2 aromatic heterocycles. The number of aromatic nitrogens is 4.